The highest BCUT2D eigenvalue weighted by molar-refractivity contribution is 5.83. The zero-order chi connectivity index (χ0) is 47.6. The maximum Gasteiger partial charge on any atom is 0.0511 e. The van der Waals surface area contributed by atoms with Gasteiger partial charge in [-0.3, -0.25) is 0 Å². The molecule has 0 saturated carbocycles. The second-order valence-corrected chi connectivity index (χ2v) is 17.4. The Hall–Kier alpha value is -9.38. The van der Waals surface area contributed by atoms with E-state index in [4.69, 9.17) is 0 Å². The van der Waals surface area contributed by atoms with Gasteiger partial charge in [0.05, 0.1) is 12.2 Å². The smallest absolute Gasteiger partial charge is 0.0511 e. The summed E-state index contributed by atoms with van der Waals surface area (Å²) in [6.07, 6.45) is 0. The third-order valence-electron chi connectivity index (χ3n) is 12.9. The minimum absolute atomic E-state index is 0.653. The molecule has 0 heterocycles. The van der Waals surface area contributed by atoms with Crippen LogP contribution < -0.4 is 19.6 Å². The first kappa shape index (κ1) is 44.1. The summed E-state index contributed by atoms with van der Waals surface area (Å²) < 4.78 is 0. The van der Waals surface area contributed by atoms with Crippen molar-refractivity contribution in [1.82, 2.24) is 0 Å². The molecule has 0 atom stereocenters. The normalized spacial score (nSPS) is 10.9. The van der Waals surface area contributed by atoms with Gasteiger partial charge < -0.3 is 19.6 Å². The van der Waals surface area contributed by atoms with Gasteiger partial charge in [-0.1, -0.05) is 176 Å². The van der Waals surface area contributed by atoms with Crippen molar-refractivity contribution < 1.29 is 0 Å². The molecule has 0 aliphatic rings. The Kier molecular flexibility index (Phi) is 13.0. The fourth-order valence-corrected chi connectivity index (χ4v) is 9.42. The van der Waals surface area contributed by atoms with E-state index >= 15 is 0 Å². The van der Waals surface area contributed by atoms with Crippen LogP contribution in [-0.4, -0.2) is 0 Å². The van der Waals surface area contributed by atoms with Gasteiger partial charge in [-0.2, -0.15) is 0 Å². The number of nitrogens with zero attached hydrogens (tertiary/aromatic N) is 4. The fraction of sp³-hybridized carbons (Fsp3) is 0.0149. The van der Waals surface area contributed by atoms with E-state index in [1.807, 2.05) is 0 Å². The summed E-state index contributed by atoms with van der Waals surface area (Å²) in [5.74, 6) is 0. The van der Waals surface area contributed by atoms with E-state index in [1.165, 1.54) is 5.56 Å². The predicted molar refractivity (Wildman–Crippen MR) is 300 cm³/mol. The standard InChI is InChI=1S/C67H52N4/c1-7-22-57(23-8-1)68(58-43-35-52(36-44-58)53-37-45-64(46-38-53)69(59-24-9-2-10-25-59)60-26-11-3-12-27-60)51-56-21-19-20-34-67(56)71(63-32-17-6-18-33-63)66-49-41-55(42-50-66)54-39-47-65(48-40-54)70(61-28-13-4-14-29-61)62-30-15-5-16-31-62/h1-50H,51H2. The Morgan fingerprint density at radius 1 is 0.183 bits per heavy atom. The van der Waals surface area contributed by atoms with Crippen LogP contribution in [0, 0.1) is 0 Å². The molecule has 0 N–H and O–H groups in total. The van der Waals surface area contributed by atoms with E-state index in [0.717, 1.165) is 84.8 Å². The summed E-state index contributed by atoms with van der Waals surface area (Å²) in [7, 11) is 0. The monoisotopic (exact) mass is 912 g/mol. The number of para-hydroxylation sites is 7. The molecule has 71 heavy (non-hydrogen) atoms. The van der Waals surface area contributed by atoms with E-state index in [2.05, 4.69) is 323 Å². The highest BCUT2D eigenvalue weighted by atomic mass is 15.2. The van der Waals surface area contributed by atoms with E-state index in [0.29, 0.717) is 6.54 Å². The van der Waals surface area contributed by atoms with Gasteiger partial charge in [-0.25, -0.2) is 0 Å². The molecule has 0 radical (unpaired) electrons. The molecule has 11 aromatic carbocycles. The Labute approximate surface area is 417 Å². The lowest BCUT2D eigenvalue weighted by atomic mass is 10.0. The average molecular weight is 913 g/mol. The van der Waals surface area contributed by atoms with E-state index in [-0.39, 0.29) is 0 Å². The van der Waals surface area contributed by atoms with Crippen molar-refractivity contribution in [2.24, 2.45) is 0 Å². The second-order valence-electron chi connectivity index (χ2n) is 17.4. The van der Waals surface area contributed by atoms with Crippen LogP contribution in [0.4, 0.5) is 62.6 Å². The van der Waals surface area contributed by atoms with Gasteiger partial charge in [0.2, 0.25) is 0 Å². The first-order chi connectivity index (χ1) is 35.2. The Morgan fingerprint density at radius 2 is 0.408 bits per heavy atom. The van der Waals surface area contributed by atoms with Crippen LogP contribution in [0.1, 0.15) is 5.56 Å². The van der Waals surface area contributed by atoms with E-state index in [1.54, 1.807) is 0 Å². The van der Waals surface area contributed by atoms with E-state index in [9.17, 15) is 0 Å². The molecule has 0 spiro atoms. The summed E-state index contributed by atoms with van der Waals surface area (Å²) in [5.41, 5.74) is 18.1. The zero-order valence-electron chi connectivity index (χ0n) is 39.4. The van der Waals surface area contributed by atoms with Crippen molar-refractivity contribution in [3.63, 3.8) is 0 Å². The molecule has 0 saturated heterocycles. The Morgan fingerprint density at radius 3 is 0.746 bits per heavy atom. The van der Waals surface area contributed by atoms with E-state index < -0.39 is 0 Å². The summed E-state index contributed by atoms with van der Waals surface area (Å²) in [6.45, 7) is 0.653. The van der Waals surface area contributed by atoms with Crippen molar-refractivity contribution in [2.45, 2.75) is 6.54 Å². The molecule has 11 aromatic rings. The molecule has 0 bridgehead atoms. The highest BCUT2D eigenvalue weighted by Crippen LogP contribution is 2.41. The largest absolute Gasteiger partial charge is 0.337 e. The van der Waals surface area contributed by atoms with Crippen LogP contribution in [0.5, 0.6) is 0 Å². The molecule has 0 aromatic heterocycles. The van der Waals surface area contributed by atoms with Gasteiger partial charge in [-0.05, 0) is 155 Å². The van der Waals surface area contributed by atoms with Crippen LogP contribution in [0.15, 0.2) is 303 Å². The minimum atomic E-state index is 0.653. The van der Waals surface area contributed by atoms with Crippen LogP contribution >= 0.6 is 0 Å². The van der Waals surface area contributed by atoms with Gasteiger partial charge in [0.1, 0.15) is 0 Å². The molecule has 11 rings (SSSR count). The molecule has 0 aliphatic carbocycles. The summed E-state index contributed by atoms with van der Waals surface area (Å²) in [5, 5.41) is 0. The molecular weight excluding hydrogens is 861 g/mol. The molecule has 340 valence electrons. The van der Waals surface area contributed by atoms with Gasteiger partial charge in [0.25, 0.3) is 0 Å². The number of benzene rings is 11. The third kappa shape index (κ3) is 9.82. The summed E-state index contributed by atoms with van der Waals surface area (Å²) in [4.78, 5) is 9.38. The highest BCUT2D eigenvalue weighted by Gasteiger charge is 2.20. The quantitative estimate of drug-likeness (QED) is 0.102. The van der Waals surface area contributed by atoms with Gasteiger partial charge in [0, 0.05) is 56.9 Å². The lowest BCUT2D eigenvalue weighted by molar-refractivity contribution is 0.971. The average Bonchev–Trinajstić information content (AvgIpc) is 3.45. The number of anilines is 11. The fourth-order valence-electron chi connectivity index (χ4n) is 9.42. The first-order valence-corrected chi connectivity index (χ1v) is 24.2. The Bertz CT molecular complexity index is 3310. The first-order valence-electron chi connectivity index (χ1n) is 24.2. The Balaban J connectivity index is 0.879. The molecule has 4 heteroatoms. The topological polar surface area (TPSA) is 13.0 Å². The van der Waals surface area contributed by atoms with Gasteiger partial charge >= 0.3 is 0 Å². The summed E-state index contributed by atoms with van der Waals surface area (Å²) in [6, 6.07) is 108. The van der Waals surface area contributed by atoms with Crippen molar-refractivity contribution >= 4 is 62.6 Å². The molecule has 0 fully saturated rings. The summed E-state index contributed by atoms with van der Waals surface area (Å²) >= 11 is 0. The number of rotatable bonds is 15. The van der Waals surface area contributed by atoms with Gasteiger partial charge in [-0.15, -0.1) is 0 Å². The number of hydrogen-bond donors (Lipinski definition) is 0. The van der Waals surface area contributed by atoms with Crippen LogP contribution in [-0.2, 0) is 6.54 Å². The maximum absolute atomic E-state index is 2.41. The molecular formula is C67H52N4. The van der Waals surface area contributed by atoms with Crippen molar-refractivity contribution in [1.29, 1.82) is 0 Å². The maximum atomic E-state index is 2.41. The lowest BCUT2D eigenvalue weighted by Crippen LogP contribution is -2.19. The van der Waals surface area contributed by atoms with Crippen LogP contribution in [0.2, 0.25) is 0 Å². The molecule has 0 unspecified atom stereocenters. The predicted octanol–water partition coefficient (Wildman–Crippen LogP) is 18.8. The minimum Gasteiger partial charge on any atom is -0.337 e. The van der Waals surface area contributed by atoms with Crippen LogP contribution in [0.3, 0.4) is 0 Å². The zero-order valence-corrected chi connectivity index (χ0v) is 39.4. The second kappa shape index (κ2) is 20.9. The molecule has 0 aliphatic heterocycles. The molecule has 0 amide bonds. The van der Waals surface area contributed by atoms with Crippen molar-refractivity contribution in [3.05, 3.63) is 309 Å². The number of hydrogen-bond acceptors (Lipinski definition) is 4. The molecule has 4 nitrogen and oxygen atoms in total. The SMILES string of the molecule is c1ccc(N(Cc2ccccc2N(c2ccccc2)c2ccc(-c3ccc(N(c4ccccc4)c4ccccc4)cc3)cc2)c2ccc(-c3ccc(N(c4ccccc4)c4ccccc4)cc3)cc2)cc1. The third-order valence-corrected chi connectivity index (χ3v) is 12.9. The van der Waals surface area contributed by atoms with Crippen molar-refractivity contribution in [3.8, 4) is 22.3 Å². The lowest BCUT2D eigenvalue weighted by Gasteiger charge is -2.31. The van der Waals surface area contributed by atoms with Crippen LogP contribution in [0.25, 0.3) is 22.3 Å². The van der Waals surface area contributed by atoms with Crippen molar-refractivity contribution in [2.75, 3.05) is 19.6 Å². The van der Waals surface area contributed by atoms with Gasteiger partial charge in [0.15, 0.2) is 0 Å².